The van der Waals surface area contributed by atoms with Gasteiger partial charge in [0.2, 0.25) is 0 Å². The molecule has 0 fully saturated rings. The van der Waals surface area contributed by atoms with Gasteiger partial charge in [0.25, 0.3) is 10.1 Å². The summed E-state index contributed by atoms with van der Waals surface area (Å²) < 4.78 is 27.2. The molecule has 0 amide bonds. The van der Waals surface area contributed by atoms with E-state index >= 15 is 0 Å². The van der Waals surface area contributed by atoms with E-state index in [1.807, 2.05) is 17.7 Å². The molecule has 3 nitrogen and oxygen atoms in total. The molecule has 1 aromatic heterocycles. The Morgan fingerprint density at radius 1 is 1.54 bits per heavy atom. The maximum absolute atomic E-state index is 11.2. The SMILES string of the molecule is CCCOS(=O)(=O)Cc1ccsc1. The summed E-state index contributed by atoms with van der Waals surface area (Å²) in [6.07, 6.45) is 0.711. The van der Waals surface area contributed by atoms with Crippen molar-refractivity contribution in [2.45, 2.75) is 19.1 Å². The molecule has 0 unspecified atom stereocenters. The van der Waals surface area contributed by atoms with Crippen LogP contribution in [0, 0.1) is 0 Å². The fraction of sp³-hybridized carbons (Fsp3) is 0.500. The van der Waals surface area contributed by atoms with Gasteiger partial charge in [-0.15, -0.1) is 0 Å². The predicted molar refractivity (Wildman–Crippen MR) is 53.2 cm³/mol. The Morgan fingerprint density at radius 2 is 2.31 bits per heavy atom. The van der Waals surface area contributed by atoms with Gasteiger partial charge in [0.1, 0.15) is 5.75 Å². The lowest BCUT2D eigenvalue weighted by molar-refractivity contribution is 0.317. The molecular formula is C8H12O3S2. The molecule has 0 atom stereocenters. The Kier molecular flexibility index (Phi) is 3.90. The van der Waals surface area contributed by atoms with Crippen molar-refractivity contribution in [2.75, 3.05) is 6.61 Å². The van der Waals surface area contributed by atoms with Gasteiger partial charge in [-0.05, 0) is 28.8 Å². The Labute approximate surface area is 82.5 Å². The molecular weight excluding hydrogens is 208 g/mol. The van der Waals surface area contributed by atoms with Gasteiger partial charge >= 0.3 is 0 Å². The smallest absolute Gasteiger partial charge is 0.270 e. The fourth-order valence-electron chi connectivity index (χ4n) is 0.831. The first-order valence-electron chi connectivity index (χ1n) is 4.02. The first-order chi connectivity index (χ1) is 6.14. The van der Waals surface area contributed by atoms with Crippen LogP contribution in [0.1, 0.15) is 18.9 Å². The maximum atomic E-state index is 11.2. The van der Waals surface area contributed by atoms with Gasteiger partial charge in [-0.1, -0.05) is 6.92 Å². The summed E-state index contributed by atoms with van der Waals surface area (Å²) >= 11 is 1.48. The summed E-state index contributed by atoms with van der Waals surface area (Å²) in [6, 6.07) is 1.79. The topological polar surface area (TPSA) is 43.4 Å². The standard InChI is InChI=1S/C8H12O3S2/c1-2-4-11-13(9,10)7-8-3-5-12-6-8/h3,5-6H,2,4,7H2,1H3. The molecule has 0 N–H and O–H groups in total. The van der Waals surface area contributed by atoms with Gasteiger partial charge in [0.05, 0.1) is 6.61 Å². The van der Waals surface area contributed by atoms with Crippen LogP contribution in [0.25, 0.3) is 0 Å². The van der Waals surface area contributed by atoms with Crippen LogP contribution in [0.15, 0.2) is 16.8 Å². The lowest BCUT2D eigenvalue weighted by Crippen LogP contribution is -2.08. The highest BCUT2D eigenvalue weighted by atomic mass is 32.2. The van der Waals surface area contributed by atoms with Crippen molar-refractivity contribution in [3.8, 4) is 0 Å². The lowest BCUT2D eigenvalue weighted by atomic mass is 10.4. The lowest BCUT2D eigenvalue weighted by Gasteiger charge is -2.01. The molecule has 0 saturated carbocycles. The van der Waals surface area contributed by atoms with Crippen molar-refractivity contribution in [2.24, 2.45) is 0 Å². The highest BCUT2D eigenvalue weighted by Crippen LogP contribution is 2.11. The molecule has 0 saturated heterocycles. The van der Waals surface area contributed by atoms with E-state index < -0.39 is 10.1 Å². The quantitative estimate of drug-likeness (QED) is 0.713. The molecule has 0 aromatic carbocycles. The molecule has 0 radical (unpaired) electrons. The fourth-order valence-corrected chi connectivity index (χ4v) is 2.70. The summed E-state index contributed by atoms with van der Waals surface area (Å²) in [4.78, 5) is 0. The van der Waals surface area contributed by atoms with E-state index in [0.717, 1.165) is 5.56 Å². The normalized spacial score (nSPS) is 11.8. The van der Waals surface area contributed by atoms with Crippen LogP contribution in [-0.4, -0.2) is 15.0 Å². The first-order valence-corrected chi connectivity index (χ1v) is 6.54. The zero-order chi connectivity index (χ0) is 9.73. The number of hydrogen-bond acceptors (Lipinski definition) is 4. The second-order valence-electron chi connectivity index (χ2n) is 2.66. The van der Waals surface area contributed by atoms with Crippen LogP contribution < -0.4 is 0 Å². The minimum atomic E-state index is -3.36. The summed E-state index contributed by atoms with van der Waals surface area (Å²) in [7, 11) is -3.36. The zero-order valence-corrected chi connectivity index (χ0v) is 9.03. The van der Waals surface area contributed by atoms with Crippen molar-refractivity contribution >= 4 is 21.5 Å². The second-order valence-corrected chi connectivity index (χ2v) is 5.08. The Bertz CT molecular complexity index is 326. The van der Waals surface area contributed by atoms with Crippen molar-refractivity contribution in [1.82, 2.24) is 0 Å². The van der Waals surface area contributed by atoms with Crippen LogP contribution in [-0.2, 0) is 20.1 Å². The average molecular weight is 220 g/mol. The predicted octanol–water partition coefficient (Wildman–Crippen LogP) is 2.00. The van der Waals surface area contributed by atoms with E-state index in [9.17, 15) is 8.42 Å². The summed E-state index contributed by atoms with van der Waals surface area (Å²) in [6.45, 7) is 2.15. The minimum Gasteiger partial charge on any atom is -0.270 e. The zero-order valence-electron chi connectivity index (χ0n) is 7.39. The van der Waals surface area contributed by atoms with E-state index in [-0.39, 0.29) is 12.4 Å². The molecule has 13 heavy (non-hydrogen) atoms. The summed E-state index contributed by atoms with van der Waals surface area (Å²) in [5, 5.41) is 3.66. The number of thiophene rings is 1. The molecule has 0 spiro atoms. The van der Waals surface area contributed by atoms with Crippen molar-refractivity contribution in [3.05, 3.63) is 22.4 Å². The summed E-state index contributed by atoms with van der Waals surface area (Å²) in [5.41, 5.74) is 0.793. The van der Waals surface area contributed by atoms with E-state index in [1.165, 1.54) is 11.3 Å². The largest absolute Gasteiger partial charge is 0.271 e. The van der Waals surface area contributed by atoms with Crippen molar-refractivity contribution < 1.29 is 12.6 Å². The van der Waals surface area contributed by atoms with Gasteiger partial charge in [-0.25, -0.2) is 0 Å². The molecule has 1 rings (SSSR count). The van der Waals surface area contributed by atoms with E-state index in [0.29, 0.717) is 6.42 Å². The van der Waals surface area contributed by atoms with Gasteiger partial charge < -0.3 is 0 Å². The molecule has 0 aliphatic carbocycles. The molecule has 1 heterocycles. The van der Waals surface area contributed by atoms with Crippen LogP contribution in [0.4, 0.5) is 0 Å². The van der Waals surface area contributed by atoms with Gasteiger partial charge in [-0.3, -0.25) is 4.18 Å². The Morgan fingerprint density at radius 3 is 2.85 bits per heavy atom. The van der Waals surface area contributed by atoms with Gasteiger partial charge in [0, 0.05) is 0 Å². The number of rotatable bonds is 5. The Balaban J connectivity index is 2.53. The number of hydrogen-bond donors (Lipinski definition) is 0. The molecule has 5 heteroatoms. The molecule has 0 bridgehead atoms. The second kappa shape index (κ2) is 4.74. The van der Waals surface area contributed by atoms with Crippen LogP contribution in [0.2, 0.25) is 0 Å². The maximum Gasteiger partial charge on any atom is 0.271 e. The Hall–Kier alpha value is -0.390. The highest BCUT2D eigenvalue weighted by Gasteiger charge is 2.11. The third kappa shape index (κ3) is 3.89. The highest BCUT2D eigenvalue weighted by molar-refractivity contribution is 7.85. The van der Waals surface area contributed by atoms with Crippen LogP contribution in [0.5, 0.6) is 0 Å². The first kappa shape index (κ1) is 10.7. The van der Waals surface area contributed by atoms with Crippen molar-refractivity contribution in [1.29, 1.82) is 0 Å². The molecule has 0 aliphatic heterocycles. The van der Waals surface area contributed by atoms with Crippen LogP contribution >= 0.6 is 11.3 Å². The minimum absolute atomic E-state index is 0.0174. The van der Waals surface area contributed by atoms with E-state index in [1.54, 1.807) is 6.07 Å². The van der Waals surface area contributed by atoms with E-state index in [2.05, 4.69) is 0 Å². The van der Waals surface area contributed by atoms with Gasteiger partial charge in [0.15, 0.2) is 0 Å². The molecule has 74 valence electrons. The van der Waals surface area contributed by atoms with Crippen LogP contribution in [0.3, 0.4) is 0 Å². The average Bonchev–Trinajstić information content (AvgIpc) is 2.52. The molecule has 1 aromatic rings. The van der Waals surface area contributed by atoms with Crippen molar-refractivity contribution in [3.63, 3.8) is 0 Å². The van der Waals surface area contributed by atoms with E-state index in [4.69, 9.17) is 4.18 Å². The van der Waals surface area contributed by atoms with Gasteiger partial charge in [-0.2, -0.15) is 19.8 Å². The monoisotopic (exact) mass is 220 g/mol. The summed E-state index contributed by atoms with van der Waals surface area (Å²) in [5.74, 6) is -0.0174. The third-order valence-corrected chi connectivity index (χ3v) is 3.34. The molecule has 0 aliphatic rings. The third-order valence-electron chi connectivity index (χ3n) is 1.39.